The maximum atomic E-state index is 13.4. The number of hydrogen-bond acceptors (Lipinski definition) is 2. The van der Waals surface area contributed by atoms with Gasteiger partial charge in [-0.15, -0.1) is 0 Å². The van der Waals surface area contributed by atoms with Gasteiger partial charge in [0.05, 0.1) is 5.25 Å². The predicted octanol–water partition coefficient (Wildman–Crippen LogP) is 3.02. The minimum atomic E-state index is -3.22. The Bertz CT molecular complexity index is 777. The summed E-state index contributed by atoms with van der Waals surface area (Å²) in [7, 11) is -3.22. The van der Waals surface area contributed by atoms with Gasteiger partial charge in [0.15, 0.2) is 0 Å². The van der Waals surface area contributed by atoms with Crippen LogP contribution in [0.4, 0.5) is 4.39 Å². The molecule has 0 saturated heterocycles. The van der Waals surface area contributed by atoms with E-state index < -0.39 is 10.0 Å². The molecule has 1 saturated carbocycles. The van der Waals surface area contributed by atoms with Gasteiger partial charge in [-0.2, -0.15) is 0 Å². The maximum Gasteiger partial charge on any atom is 0.214 e. The largest absolute Gasteiger partial charge is 0.358 e. The Kier molecular flexibility index (Phi) is 4.23. The molecule has 3 rings (SSSR count). The van der Waals surface area contributed by atoms with Crippen LogP contribution in [0.2, 0.25) is 0 Å². The minimum absolute atomic E-state index is 0.242. The van der Waals surface area contributed by atoms with Gasteiger partial charge < -0.3 is 4.98 Å². The highest BCUT2D eigenvalue weighted by molar-refractivity contribution is 7.90. The molecule has 120 valence electrons. The molecule has 1 aromatic heterocycles. The third kappa shape index (κ3) is 3.03. The molecular formula is C16H21FN2O2S. The van der Waals surface area contributed by atoms with Crippen LogP contribution < -0.4 is 4.72 Å². The Labute approximate surface area is 130 Å². The normalized spacial score (nSPS) is 16.6. The second-order valence-corrected chi connectivity index (χ2v) is 8.06. The first-order chi connectivity index (χ1) is 10.5. The zero-order valence-electron chi connectivity index (χ0n) is 12.7. The van der Waals surface area contributed by atoms with Crippen LogP contribution in [0.1, 0.15) is 36.9 Å². The van der Waals surface area contributed by atoms with Crippen molar-refractivity contribution in [1.29, 1.82) is 0 Å². The van der Waals surface area contributed by atoms with Crippen molar-refractivity contribution in [2.24, 2.45) is 0 Å². The van der Waals surface area contributed by atoms with Gasteiger partial charge in [0.1, 0.15) is 5.82 Å². The number of rotatable bonds is 5. The van der Waals surface area contributed by atoms with E-state index in [-0.39, 0.29) is 11.1 Å². The van der Waals surface area contributed by atoms with E-state index >= 15 is 0 Å². The van der Waals surface area contributed by atoms with E-state index in [1.165, 1.54) is 12.1 Å². The van der Waals surface area contributed by atoms with Gasteiger partial charge in [0, 0.05) is 23.1 Å². The lowest BCUT2D eigenvalue weighted by molar-refractivity contribution is 0.564. The van der Waals surface area contributed by atoms with Crippen LogP contribution in [0, 0.1) is 12.7 Å². The first kappa shape index (κ1) is 15.5. The second kappa shape index (κ2) is 6.01. The SMILES string of the molecule is Cc1[nH]c2ccc(F)cc2c1CCNS(=O)(=O)C1CCCC1. The lowest BCUT2D eigenvalue weighted by Gasteiger charge is -2.12. The summed E-state index contributed by atoms with van der Waals surface area (Å²) in [5.41, 5.74) is 2.82. The molecule has 0 unspecified atom stereocenters. The van der Waals surface area contributed by atoms with Crippen molar-refractivity contribution in [3.8, 4) is 0 Å². The minimum Gasteiger partial charge on any atom is -0.358 e. The third-order valence-electron chi connectivity index (χ3n) is 4.50. The number of fused-ring (bicyclic) bond motifs is 1. The molecular weight excluding hydrogens is 303 g/mol. The summed E-state index contributed by atoms with van der Waals surface area (Å²) in [5, 5.41) is 0.589. The number of nitrogens with one attached hydrogen (secondary N) is 2. The summed E-state index contributed by atoms with van der Waals surface area (Å²) in [4.78, 5) is 3.21. The third-order valence-corrected chi connectivity index (χ3v) is 6.46. The van der Waals surface area contributed by atoms with E-state index in [0.29, 0.717) is 13.0 Å². The molecule has 2 N–H and O–H groups in total. The molecule has 6 heteroatoms. The zero-order chi connectivity index (χ0) is 15.7. The second-order valence-electron chi connectivity index (χ2n) is 6.01. The van der Waals surface area contributed by atoms with Crippen molar-refractivity contribution in [2.45, 2.75) is 44.3 Å². The average molecular weight is 324 g/mol. The van der Waals surface area contributed by atoms with Crippen molar-refractivity contribution in [1.82, 2.24) is 9.71 Å². The number of aryl methyl sites for hydroxylation is 1. The smallest absolute Gasteiger partial charge is 0.214 e. The Morgan fingerprint density at radius 1 is 1.32 bits per heavy atom. The number of aromatic nitrogens is 1. The lowest BCUT2D eigenvalue weighted by Crippen LogP contribution is -2.34. The molecule has 22 heavy (non-hydrogen) atoms. The molecule has 0 radical (unpaired) electrons. The molecule has 0 atom stereocenters. The van der Waals surface area contributed by atoms with Crippen molar-refractivity contribution in [3.05, 3.63) is 35.3 Å². The Morgan fingerprint density at radius 3 is 2.77 bits per heavy atom. The predicted molar refractivity (Wildman–Crippen MR) is 85.9 cm³/mol. The van der Waals surface area contributed by atoms with Gasteiger partial charge in [-0.25, -0.2) is 17.5 Å². The van der Waals surface area contributed by atoms with Gasteiger partial charge in [-0.3, -0.25) is 0 Å². The average Bonchev–Trinajstić information content (AvgIpc) is 3.08. The summed E-state index contributed by atoms with van der Waals surface area (Å²) in [6.45, 7) is 2.28. The molecule has 0 bridgehead atoms. The van der Waals surface area contributed by atoms with E-state index in [9.17, 15) is 12.8 Å². The highest BCUT2D eigenvalue weighted by atomic mass is 32.2. The molecule has 1 aliphatic rings. The monoisotopic (exact) mass is 324 g/mol. The molecule has 0 spiro atoms. The number of halogens is 1. The topological polar surface area (TPSA) is 62.0 Å². The highest BCUT2D eigenvalue weighted by Gasteiger charge is 2.28. The summed E-state index contributed by atoms with van der Waals surface area (Å²) >= 11 is 0. The molecule has 0 amide bonds. The van der Waals surface area contributed by atoms with E-state index in [0.717, 1.165) is 47.8 Å². The summed E-state index contributed by atoms with van der Waals surface area (Å²) in [6, 6.07) is 4.63. The number of aromatic amines is 1. The number of hydrogen-bond donors (Lipinski definition) is 2. The maximum absolute atomic E-state index is 13.4. The van der Waals surface area contributed by atoms with Crippen LogP contribution in [-0.4, -0.2) is 25.2 Å². The Morgan fingerprint density at radius 2 is 2.05 bits per heavy atom. The van der Waals surface area contributed by atoms with Gasteiger partial charge in [0.2, 0.25) is 10.0 Å². The molecule has 0 aliphatic heterocycles. The Balaban J connectivity index is 1.71. The number of benzene rings is 1. The summed E-state index contributed by atoms with van der Waals surface area (Å²) < 4.78 is 40.5. The van der Waals surface area contributed by atoms with Crippen LogP contribution in [0.5, 0.6) is 0 Å². The molecule has 2 aromatic rings. The zero-order valence-corrected chi connectivity index (χ0v) is 13.5. The fourth-order valence-electron chi connectivity index (χ4n) is 3.31. The van der Waals surface area contributed by atoms with Crippen LogP contribution >= 0.6 is 0 Å². The fourth-order valence-corrected chi connectivity index (χ4v) is 4.89. The van der Waals surface area contributed by atoms with E-state index in [1.807, 2.05) is 6.92 Å². The number of sulfonamides is 1. The highest BCUT2D eigenvalue weighted by Crippen LogP contribution is 2.25. The van der Waals surface area contributed by atoms with Crippen LogP contribution in [0.3, 0.4) is 0 Å². The fraction of sp³-hybridized carbons (Fsp3) is 0.500. The molecule has 1 heterocycles. The standard InChI is InChI=1S/C16H21FN2O2S/c1-11-14(15-10-12(17)6-7-16(15)19-11)8-9-18-22(20,21)13-4-2-3-5-13/h6-7,10,13,18-19H,2-5,8-9H2,1H3. The first-order valence-electron chi connectivity index (χ1n) is 7.72. The molecule has 1 aliphatic carbocycles. The van der Waals surface area contributed by atoms with E-state index in [1.54, 1.807) is 6.07 Å². The van der Waals surface area contributed by atoms with Gasteiger partial charge in [0.25, 0.3) is 0 Å². The molecule has 1 aromatic carbocycles. The summed E-state index contributed by atoms with van der Waals surface area (Å²) in [6.07, 6.45) is 4.05. The van der Waals surface area contributed by atoms with Crippen molar-refractivity contribution < 1.29 is 12.8 Å². The van der Waals surface area contributed by atoms with E-state index in [2.05, 4.69) is 9.71 Å². The molecule has 1 fully saturated rings. The quantitative estimate of drug-likeness (QED) is 0.888. The van der Waals surface area contributed by atoms with Crippen molar-refractivity contribution in [2.75, 3.05) is 6.54 Å². The first-order valence-corrected chi connectivity index (χ1v) is 9.27. The summed E-state index contributed by atoms with van der Waals surface area (Å²) in [5.74, 6) is -0.278. The van der Waals surface area contributed by atoms with Crippen LogP contribution in [0.15, 0.2) is 18.2 Å². The molecule has 4 nitrogen and oxygen atoms in total. The van der Waals surface area contributed by atoms with Gasteiger partial charge >= 0.3 is 0 Å². The lowest BCUT2D eigenvalue weighted by atomic mass is 10.1. The van der Waals surface area contributed by atoms with Gasteiger partial charge in [-0.1, -0.05) is 12.8 Å². The van der Waals surface area contributed by atoms with Crippen molar-refractivity contribution >= 4 is 20.9 Å². The van der Waals surface area contributed by atoms with E-state index in [4.69, 9.17) is 0 Å². The van der Waals surface area contributed by atoms with Gasteiger partial charge in [-0.05, 0) is 49.9 Å². The van der Waals surface area contributed by atoms with Crippen LogP contribution in [0.25, 0.3) is 10.9 Å². The van der Waals surface area contributed by atoms with Crippen molar-refractivity contribution in [3.63, 3.8) is 0 Å². The van der Waals surface area contributed by atoms with Crippen LogP contribution in [-0.2, 0) is 16.4 Å². The Hall–Kier alpha value is -1.40. The number of H-pyrrole nitrogens is 1.